The van der Waals surface area contributed by atoms with Crippen LogP contribution in [-0.2, 0) is 16.1 Å². The van der Waals surface area contributed by atoms with E-state index in [1.807, 2.05) is 48.7 Å². The average molecular weight is 562 g/mol. The first-order chi connectivity index (χ1) is 20.5. The maximum atomic E-state index is 13.0. The fourth-order valence-electron chi connectivity index (χ4n) is 6.57. The first-order valence-corrected chi connectivity index (χ1v) is 14.8. The number of fused-ring (bicyclic) bond motifs is 2. The predicted molar refractivity (Wildman–Crippen MR) is 155 cm³/mol. The molecule has 2 aromatic heterocycles. The zero-order chi connectivity index (χ0) is 28.4. The fourth-order valence-corrected chi connectivity index (χ4v) is 6.57. The molecule has 42 heavy (non-hydrogen) atoms. The van der Waals surface area contributed by atoms with E-state index in [4.69, 9.17) is 10.1 Å². The second-order valence-electron chi connectivity index (χ2n) is 12.1. The fraction of sp³-hybridized carbons (Fsp3) is 0.375. The first kappa shape index (κ1) is 25.1. The molecule has 3 fully saturated rings. The number of carbonyl (C=O) groups excluding carboxylic acids is 3. The molecule has 2 aliphatic carbocycles. The smallest absolute Gasteiger partial charge is 0.255 e. The number of anilines is 1. The van der Waals surface area contributed by atoms with E-state index in [1.54, 1.807) is 4.90 Å². The third-order valence-corrected chi connectivity index (χ3v) is 9.15. The second kappa shape index (κ2) is 9.75. The molecule has 1 saturated heterocycles. The van der Waals surface area contributed by atoms with Gasteiger partial charge in [0.05, 0.1) is 34.7 Å². The lowest BCUT2D eigenvalue weighted by Crippen LogP contribution is -2.52. The van der Waals surface area contributed by atoms with Crippen molar-refractivity contribution in [2.45, 2.75) is 63.1 Å². The van der Waals surface area contributed by atoms with Crippen LogP contribution in [0.25, 0.3) is 22.3 Å². The van der Waals surface area contributed by atoms with Gasteiger partial charge >= 0.3 is 0 Å². The molecule has 2 saturated carbocycles. The molecule has 1 atom stereocenters. The van der Waals surface area contributed by atoms with Crippen LogP contribution in [0.2, 0.25) is 0 Å². The summed E-state index contributed by atoms with van der Waals surface area (Å²) in [5.41, 5.74) is 7.47. The highest BCUT2D eigenvalue weighted by molar-refractivity contribution is 6.05. The van der Waals surface area contributed by atoms with E-state index < -0.39 is 6.04 Å². The van der Waals surface area contributed by atoms with Gasteiger partial charge in [-0.15, -0.1) is 0 Å². The molecule has 4 heterocycles. The summed E-state index contributed by atoms with van der Waals surface area (Å²) >= 11 is 0. The van der Waals surface area contributed by atoms with E-state index in [0.29, 0.717) is 36.4 Å². The van der Waals surface area contributed by atoms with Crippen molar-refractivity contribution in [1.82, 2.24) is 30.0 Å². The predicted octanol–water partition coefficient (Wildman–Crippen LogP) is 4.19. The number of nitrogens with one attached hydrogen (secondary N) is 2. The van der Waals surface area contributed by atoms with Gasteiger partial charge in [0.25, 0.3) is 5.91 Å². The summed E-state index contributed by atoms with van der Waals surface area (Å²) in [4.78, 5) is 47.9. The highest BCUT2D eigenvalue weighted by Gasteiger charge is 2.39. The highest BCUT2D eigenvalue weighted by atomic mass is 16.2. The Balaban J connectivity index is 0.908. The SMILES string of the molecule is O=C1CCC(N2Cc3cc(NCC4CC(n5cc(-c6cnc7ccccc7n6)c(C6CC6)n5)C4)ccc3C2=O)C(=O)N1. The number of para-hydroxylation sites is 2. The molecule has 1 unspecified atom stereocenters. The van der Waals surface area contributed by atoms with Gasteiger partial charge in [0, 0.05) is 48.4 Å². The number of aromatic nitrogens is 4. The van der Waals surface area contributed by atoms with E-state index in [2.05, 4.69) is 26.5 Å². The van der Waals surface area contributed by atoms with Crippen LogP contribution in [0, 0.1) is 5.92 Å². The summed E-state index contributed by atoms with van der Waals surface area (Å²) in [5, 5.41) is 11.0. The first-order valence-electron chi connectivity index (χ1n) is 14.8. The van der Waals surface area contributed by atoms with Crippen LogP contribution < -0.4 is 10.6 Å². The standard InChI is InChI=1S/C32H31N7O3/c40-29-10-9-28(31(41)36-29)38-16-20-13-21(7-8-23(20)32(38)42)33-14-18-11-22(12-18)39-17-24(30(37-39)19-5-6-19)27-15-34-25-3-1-2-4-26(25)35-27/h1-4,7-8,13,15,17-19,22,28,33H,5-6,9-12,14,16H2,(H,36,40,41). The van der Waals surface area contributed by atoms with Crippen LogP contribution in [-0.4, -0.2) is 55.0 Å². The lowest BCUT2D eigenvalue weighted by Gasteiger charge is -2.35. The van der Waals surface area contributed by atoms with Crippen LogP contribution >= 0.6 is 0 Å². The molecule has 0 radical (unpaired) electrons. The zero-order valence-corrected chi connectivity index (χ0v) is 23.1. The Morgan fingerprint density at radius 3 is 2.62 bits per heavy atom. The third-order valence-electron chi connectivity index (χ3n) is 9.15. The molecule has 10 nitrogen and oxygen atoms in total. The number of hydrogen-bond acceptors (Lipinski definition) is 7. The van der Waals surface area contributed by atoms with Crippen LogP contribution in [0.5, 0.6) is 0 Å². The quantitative estimate of drug-likeness (QED) is 0.325. The minimum atomic E-state index is -0.595. The summed E-state index contributed by atoms with van der Waals surface area (Å²) < 4.78 is 2.15. The molecule has 212 valence electrons. The van der Waals surface area contributed by atoms with Gasteiger partial charge < -0.3 is 10.2 Å². The Kier molecular flexibility index (Phi) is 5.84. The molecule has 10 heteroatoms. The molecular weight excluding hydrogens is 530 g/mol. The Morgan fingerprint density at radius 1 is 0.976 bits per heavy atom. The maximum absolute atomic E-state index is 13.0. The van der Waals surface area contributed by atoms with E-state index in [1.165, 1.54) is 12.8 Å². The summed E-state index contributed by atoms with van der Waals surface area (Å²) in [5.74, 6) is 0.239. The largest absolute Gasteiger partial charge is 0.385 e. The Hall–Kier alpha value is -4.60. The lowest BCUT2D eigenvalue weighted by atomic mass is 9.80. The molecule has 3 amide bonds. The minimum Gasteiger partial charge on any atom is -0.385 e. The van der Waals surface area contributed by atoms with E-state index >= 15 is 0 Å². The van der Waals surface area contributed by atoms with E-state index in [9.17, 15) is 14.4 Å². The summed E-state index contributed by atoms with van der Waals surface area (Å²) in [7, 11) is 0. The Labute approximate surface area is 242 Å². The van der Waals surface area contributed by atoms with Crippen LogP contribution in [0.1, 0.15) is 72.1 Å². The normalized spacial score (nSPS) is 23.6. The van der Waals surface area contributed by atoms with Crippen molar-refractivity contribution in [1.29, 1.82) is 0 Å². The molecule has 2 aliphatic heterocycles. The van der Waals surface area contributed by atoms with Gasteiger partial charge in [0.2, 0.25) is 11.8 Å². The topological polar surface area (TPSA) is 122 Å². The van der Waals surface area contributed by atoms with Crippen LogP contribution in [0.4, 0.5) is 5.69 Å². The molecule has 2 aromatic carbocycles. The van der Waals surface area contributed by atoms with Crippen molar-refractivity contribution < 1.29 is 14.4 Å². The number of amides is 3. The molecule has 8 rings (SSSR count). The van der Waals surface area contributed by atoms with Gasteiger partial charge in [-0.25, -0.2) is 4.98 Å². The van der Waals surface area contributed by atoms with Gasteiger partial charge in [0.15, 0.2) is 0 Å². The number of hydrogen-bond donors (Lipinski definition) is 2. The van der Waals surface area contributed by atoms with Crippen molar-refractivity contribution in [2.75, 3.05) is 11.9 Å². The number of piperidine rings is 1. The Bertz CT molecular complexity index is 1750. The Morgan fingerprint density at radius 2 is 1.81 bits per heavy atom. The number of benzene rings is 2. The van der Waals surface area contributed by atoms with Crippen molar-refractivity contribution >= 4 is 34.4 Å². The van der Waals surface area contributed by atoms with Crippen molar-refractivity contribution in [3.05, 3.63) is 71.7 Å². The van der Waals surface area contributed by atoms with Gasteiger partial charge in [-0.2, -0.15) is 5.10 Å². The third kappa shape index (κ3) is 4.42. The molecule has 2 N–H and O–H groups in total. The molecular formula is C32H31N7O3. The monoisotopic (exact) mass is 561 g/mol. The van der Waals surface area contributed by atoms with Gasteiger partial charge in [-0.1, -0.05) is 12.1 Å². The highest BCUT2D eigenvalue weighted by Crippen LogP contribution is 2.45. The lowest BCUT2D eigenvalue weighted by molar-refractivity contribution is -0.136. The summed E-state index contributed by atoms with van der Waals surface area (Å²) in [6.07, 6.45) is 9.13. The molecule has 4 aromatic rings. The number of imide groups is 1. The minimum absolute atomic E-state index is 0.147. The maximum Gasteiger partial charge on any atom is 0.255 e. The second-order valence-corrected chi connectivity index (χ2v) is 12.1. The number of carbonyl (C=O) groups is 3. The summed E-state index contributed by atoms with van der Waals surface area (Å²) in [6.45, 7) is 1.23. The number of rotatable bonds is 7. The molecule has 4 aliphatic rings. The molecule has 0 spiro atoms. The van der Waals surface area contributed by atoms with E-state index in [0.717, 1.165) is 58.6 Å². The van der Waals surface area contributed by atoms with Crippen molar-refractivity contribution in [2.24, 2.45) is 5.92 Å². The van der Waals surface area contributed by atoms with Gasteiger partial charge in [-0.3, -0.25) is 29.4 Å². The van der Waals surface area contributed by atoms with E-state index in [-0.39, 0.29) is 24.1 Å². The van der Waals surface area contributed by atoms with Crippen molar-refractivity contribution in [3.8, 4) is 11.3 Å². The van der Waals surface area contributed by atoms with Gasteiger partial charge in [-0.05, 0) is 73.9 Å². The molecule has 0 bridgehead atoms. The number of nitrogens with zero attached hydrogens (tertiary/aromatic N) is 5. The van der Waals surface area contributed by atoms with Crippen LogP contribution in [0.15, 0.2) is 54.9 Å². The summed E-state index contributed by atoms with van der Waals surface area (Å²) in [6, 6.07) is 13.5. The zero-order valence-electron chi connectivity index (χ0n) is 23.1. The van der Waals surface area contributed by atoms with Crippen molar-refractivity contribution in [3.63, 3.8) is 0 Å². The average Bonchev–Trinajstić information content (AvgIpc) is 3.65. The van der Waals surface area contributed by atoms with Gasteiger partial charge in [0.1, 0.15) is 6.04 Å². The van der Waals surface area contributed by atoms with Crippen LogP contribution in [0.3, 0.4) is 0 Å².